The summed E-state index contributed by atoms with van der Waals surface area (Å²) in [4.78, 5) is 25.7. The molecule has 0 radical (unpaired) electrons. The number of likely N-dealkylation sites (tertiary alicyclic amines) is 1. The second-order valence-electron chi connectivity index (χ2n) is 6.60. The number of benzene rings is 1. The van der Waals surface area contributed by atoms with Gasteiger partial charge in [0.05, 0.1) is 13.7 Å². The van der Waals surface area contributed by atoms with Crippen LogP contribution in [0.3, 0.4) is 0 Å². The molecule has 1 heterocycles. The van der Waals surface area contributed by atoms with Crippen LogP contribution in [-0.4, -0.2) is 48.4 Å². The van der Waals surface area contributed by atoms with Crippen LogP contribution in [0.5, 0.6) is 5.75 Å². The molecule has 1 unspecified atom stereocenters. The third kappa shape index (κ3) is 4.77. The van der Waals surface area contributed by atoms with E-state index in [2.05, 4.69) is 0 Å². The molecule has 0 aliphatic carbocycles. The average molecular weight is 356 g/mol. The second-order valence-corrected chi connectivity index (χ2v) is 7.04. The fourth-order valence-electron chi connectivity index (χ4n) is 2.47. The SMILES string of the molecule is COC(=O)[C@@H]1CC(Oc2ccc(Cl)cc2)CN1C(=O)OC(C)(C)C. The normalized spacial score (nSPS) is 20.6. The van der Waals surface area contributed by atoms with Crippen molar-refractivity contribution in [2.45, 2.75) is 44.9 Å². The summed E-state index contributed by atoms with van der Waals surface area (Å²) in [5.41, 5.74) is -0.646. The summed E-state index contributed by atoms with van der Waals surface area (Å²) >= 11 is 5.85. The molecule has 132 valence electrons. The average Bonchev–Trinajstić information content (AvgIpc) is 2.91. The molecule has 0 saturated carbocycles. The molecule has 1 fully saturated rings. The van der Waals surface area contributed by atoms with Gasteiger partial charge in [0.15, 0.2) is 0 Å². The van der Waals surface area contributed by atoms with E-state index >= 15 is 0 Å². The quantitative estimate of drug-likeness (QED) is 0.778. The van der Waals surface area contributed by atoms with Crippen molar-refractivity contribution in [2.75, 3.05) is 13.7 Å². The maximum absolute atomic E-state index is 12.4. The lowest BCUT2D eigenvalue weighted by Crippen LogP contribution is -2.44. The molecule has 7 heteroatoms. The molecular weight excluding hydrogens is 334 g/mol. The van der Waals surface area contributed by atoms with E-state index in [1.807, 2.05) is 0 Å². The number of ether oxygens (including phenoxy) is 3. The zero-order chi connectivity index (χ0) is 17.9. The Balaban J connectivity index is 2.09. The van der Waals surface area contributed by atoms with Crippen molar-refractivity contribution in [1.82, 2.24) is 4.90 Å². The summed E-state index contributed by atoms with van der Waals surface area (Å²) in [5.74, 6) is 0.141. The van der Waals surface area contributed by atoms with E-state index in [1.165, 1.54) is 12.0 Å². The lowest BCUT2D eigenvalue weighted by atomic mass is 10.2. The first-order valence-corrected chi connectivity index (χ1v) is 8.07. The predicted molar refractivity (Wildman–Crippen MR) is 89.2 cm³/mol. The molecule has 1 amide bonds. The first-order chi connectivity index (χ1) is 11.2. The number of methoxy groups -OCH3 is 1. The van der Waals surface area contributed by atoms with Crippen LogP contribution >= 0.6 is 11.6 Å². The van der Waals surface area contributed by atoms with Gasteiger partial charge < -0.3 is 14.2 Å². The number of hydrogen-bond acceptors (Lipinski definition) is 5. The summed E-state index contributed by atoms with van der Waals surface area (Å²) in [7, 11) is 1.29. The van der Waals surface area contributed by atoms with Crippen LogP contribution in [0.25, 0.3) is 0 Å². The molecule has 0 N–H and O–H groups in total. The van der Waals surface area contributed by atoms with Crippen molar-refractivity contribution >= 4 is 23.7 Å². The zero-order valence-corrected chi connectivity index (χ0v) is 15.0. The number of rotatable bonds is 3. The Bertz CT molecular complexity index is 596. The lowest BCUT2D eigenvalue weighted by Gasteiger charge is -2.27. The van der Waals surface area contributed by atoms with Crippen LogP contribution < -0.4 is 4.74 Å². The van der Waals surface area contributed by atoms with E-state index in [9.17, 15) is 9.59 Å². The molecule has 1 aromatic carbocycles. The highest BCUT2D eigenvalue weighted by Gasteiger charge is 2.43. The van der Waals surface area contributed by atoms with Crippen molar-refractivity contribution in [3.05, 3.63) is 29.3 Å². The molecule has 1 saturated heterocycles. The Kier molecular flexibility index (Phi) is 5.59. The monoisotopic (exact) mass is 355 g/mol. The van der Waals surface area contributed by atoms with Crippen molar-refractivity contribution in [3.8, 4) is 5.75 Å². The van der Waals surface area contributed by atoms with E-state index in [1.54, 1.807) is 45.0 Å². The van der Waals surface area contributed by atoms with E-state index < -0.39 is 23.7 Å². The van der Waals surface area contributed by atoms with Crippen molar-refractivity contribution in [3.63, 3.8) is 0 Å². The molecule has 6 nitrogen and oxygen atoms in total. The van der Waals surface area contributed by atoms with E-state index in [0.29, 0.717) is 17.2 Å². The number of hydrogen-bond donors (Lipinski definition) is 0. The van der Waals surface area contributed by atoms with E-state index in [0.717, 1.165) is 0 Å². The molecule has 1 aliphatic heterocycles. The fraction of sp³-hybridized carbons (Fsp3) is 0.529. The number of nitrogens with zero attached hydrogens (tertiary/aromatic N) is 1. The van der Waals surface area contributed by atoms with Crippen LogP contribution in [-0.2, 0) is 14.3 Å². The van der Waals surface area contributed by atoms with Gasteiger partial charge in [0.2, 0.25) is 0 Å². The summed E-state index contributed by atoms with van der Waals surface area (Å²) < 4.78 is 16.0. The molecular formula is C17H22ClNO5. The van der Waals surface area contributed by atoms with E-state index in [4.69, 9.17) is 25.8 Å². The van der Waals surface area contributed by atoms with Crippen molar-refractivity contribution in [1.29, 1.82) is 0 Å². The molecule has 2 atom stereocenters. The van der Waals surface area contributed by atoms with Crippen LogP contribution in [0.2, 0.25) is 5.02 Å². The van der Waals surface area contributed by atoms with Crippen LogP contribution in [0.4, 0.5) is 4.79 Å². The van der Waals surface area contributed by atoms with Gasteiger partial charge in [0, 0.05) is 11.4 Å². The van der Waals surface area contributed by atoms with Gasteiger partial charge in [-0.1, -0.05) is 11.6 Å². The first-order valence-electron chi connectivity index (χ1n) is 7.69. The van der Waals surface area contributed by atoms with Gasteiger partial charge in [0.25, 0.3) is 0 Å². The van der Waals surface area contributed by atoms with Crippen molar-refractivity contribution in [2.24, 2.45) is 0 Å². The van der Waals surface area contributed by atoms with Gasteiger partial charge in [-0.25, -0.2) is 9.59 Å². The van der Waals surface area contributed by atoms with Crippen LogP contribution in [0, 0.1) is 0 Å². The van der Waals surface area contributed by atoms with Crippen molar-refractivity contribution < 1.29 is 23.8 Å². The minimum atomic E-state index is -0.720. The van der Waals surface area contributed by atoms with E-state index in [-0.39, 0.29) is 12.6 Å². The lowest BCUT2D eigenvalue weighted by molar-refractivity contribution is -0.145. The number of carbonyl (C=O) groups is 2. The molecule has 1 aliphatic rings. The summed E-state index contributed by atoms with van der Waals surface area (Å²) in [5, 5.41) is 0.608. The molecule has 1 aromatic rings. The van der Waals surface area contributed by atoms with Gasteiger partial charge in [0.1, 0.15) is 23.5 Å². The second kappa shape index (κ2) is 7.30. The summed E-state index contributed by atoms with van der Waals surface area (Å²) in [6.45, 7) is 5.57. The largest absolute Gasteiger partial charge is 0.488 e. The Morgan fingerprint density at radius 2 is 1.83 bits per heavy atom. The highest BCUT2D eigenvalue weighted by molar-refractivity contribution is 6.30. The number of amides is 1. The standard InChI is InChI=1S/C17H22ClNO5/c1-17(2,3)24-16(21)19-10-13(9-14(19)15(20)22-4)23-12-7-5-11(18)6-8-12/h5-8,13-14H,9-10H2,1-4H3/t13?,14-/m0/s1. The highest BCUT2D eigenvalue weighted by Crippen LogP contribution is 2.26. The third-order valence-corrected chi connectivity index (χ3v) is 3.73. The smallest absolute Gasteiger partial charge is 0.411 e. The molecule has 0 spiro atoms. The number of esters is 1. The minimum absolute atomic E-state index is 0.247. The molecule has 0 aromatic heterocycles. The zero-order valence-electron chi connectivity index (χ0n) is 14.2. The molecule has 24 heavy (non-hydrogen) atoms. The Morgan fingerprint density at radius 1 is 1.21 bits per heavy atom. The fourth-order valence-corrected chi connectivity index (χ4v) is 2.60. The Morgan fingerprint density at radius 3 is 2.38 bits per heavy atom. The predicted octanol–water partition coefficient (Wildman–Crippen LogP) is 3.27. The summed E-state index contributed by atoms with van der Waals surface area (Å²) in [6.07, 6.45) is -0.544. The third-order valence-electron chi connectivity index (χ3n) is 3.48. The number of carbonyl (C=O) groups excluding carboxylic acids is 2. The van der Waals surface area contributed by atoms with Gasteiger partial charge in [-0.3, -0.25) is 4.90 Å². The van der Waals surface area contributed by atoms with Gasteiger partial charge >= 0.3 is 12.1 Å². The molecule has 0 bridgehead atoms. The van der Waals surface area contributed by atoms with Gasteiger partial charge in [-0.05, 0) is 45.0 Å². The maximum Gasteiger partial charge on any atom is 0.411 e. The maximum atomic E-state index is 12.4. The first kappa shape index (κ1) is 18.4. The Hall–Kier alpha value is -1.95. The van der Waals surface area contributed by atoms with Gasteiger partial charge in [-0.2, -0.15) is 0 Å². The highest BCUT2D eigenvalue weighted by atomic mass is 35.5. The van der Waals surface area contributed by atoms with Crippen LogP contribution in [0.15, 0.2) is 24.3 Å². The Labute approximate surface area is 146 Å². The minimum Gasteiger partial charge on any atom is -0.488 e. The van der Waals surface area contributed by atoms with Crippen LogP contribution in [0.1, 0.15) is 27.2 Å². The molecule has 2 rings (SSSR count). The number of halogens is 1. The topological polar surface area (TPSA) is 65.1 Å². The summed E-state index contributed by atoms with van der Waals surface area (Å²) in [6, 6.07) is 6.20. The van der Waals surface area contributed by atoms with Gasteiger partial charge in [-0.15, -0.1) is 0 Å².